The van der Waals surface area contributed by atoms with Crippen LogP contribution in [0.2, 0.25) is 0 Å². The van der Waals surface area contributed by atoms with Crippen LogP contribution in [0.4, 0.5) is 19.0 Å². The molecule has 2 N–H and O–H groups in total. The van der Waals surface area contributed by atoms with Gasteiger partial charge in [-0.3, -0.25) is 0 Å². The molecule has 2 aromatic rings. The van der Waals surface area contributed by atoms with E-state index in [0.29, 0.717) is 5.01 Å². The van der Waals surface area contributed by atoms with Gasteiger partial charge in [-0.15, -0.1) is 21.5 Å². The maximum absolute atomic E-state index is 12.3. The lowest BCUT2D eigenvalue weighted by Crippen LogP contribution is -2.10. The third-order valence-corrected chi connectivity index (χ3v) is 3.00. The Morgan fingerprint density at radius 3 is 2.60 bits per heavy atom. The van der Waals surface area contributed by atoms with Crippen LogP contribution in [0.15, 0.2) is 17.5 Å². The topological polar surface area (TPSA) is 88.0 Å². The number of carboxylic acids is 1. The lowest BCUT2D eigenvalue weighted by atomic mass is 10.4. The maximum Gasteiger partial charge on any atom is 0.435 e. The molecule has 106 valence electrons. The van der Waals surface area contributed by atoms with Crippen LogP contribution in [0, 0.1) is 0 Å². The number of alkyl halides is 3. The van der Waals surface area contributed by atoms with Crippen LogP contribution in [0.3, 0.4) is 0 Å². The van der Waals surface area contributed by atoms with E-state index in [1.807, 2.05) is 0 Å². The van der Waals surface area contributed by atoms with Crippen LogP contribution in [-0.4, -0.2) is 26.3 Å². The van der Waals surface area contributed by atoms with Gasteiger partial charge in [0.25, 0.3) is 0 Å². The Labute approximate surface area is 114 Å². The molecule has 10 heteroatoms. The van der Waals surface area contributed by atoms with Crippen molar-refractivity contribution in [2.45, 2.75) is 12.7 Å². The number of anilines is 1. The fraction of sp³-hybridized carbons (Fsp3) is 0.200. The molecule has 0 aliphatic carbocycles. The number of carbonyl (C=O) groups is 1. The third-order valence-electron chi connectivity index (χ3n) is 2.15. The van der Waals surface area contributed by atoms with Gasteiger partial charge < -0.3 is 10.4 Å². The van der Waals surface area contributed by atoms with Crippen LogP contribution in [-0.2, 0) is 12.7 Å². The van der Waals surface area contributed by atoms with Gasteiger partial charge in [0.1, 0.15) is 10.8 Å². The van der Waals surface area contributed by atoms with Crippen molar-refractivity contribution in [3.63, 3.8) is 0 Å². The van der Waals surface area contributed by atoms with Crippen LogP contribution in [0.25, 0.3) is 0 Å². The number of hydrogen-bond acceptors (Lipinski definition) is 6. The molecule has 0 saturated heterocycles. The minimum Gasteiger partial charge on any atom is -0.476 e. The summed E-state index contributed by atoms with van der Waals surface area (Å²) in [7, 11) is 0. The zero-order valence-electron chi connectivity index (χ0n) is 9.68. The largest absolute Gasteiger partial charge is 0.476 e. The highest BCUT2D eigenvalue weighted by molar-refractivity contribution is 7.09. The van der Waals surface area contributed by atoms with E-state index in [9.17, 15) is 18.0 Å². The van der Waals surface area contributed by atoms with E-state index in [1.165, 1.54) is 5.38 Å². The van der Waals surface area contributed by atoms with Crippen molar-refractivity contribution in [2.75, 3.05) is 5.32 Å². The molecule has 0 aliphatic rings. The Bertz CT molecular complexity index is 612. The van der Waals surface area contributed by atoms with Crippen molar-refractivity contribution >= 4 is 23.1 Å². The highest BCUT2D eigenvalue weighted by atomic mass is 32.1. The highest BCUT2D eigenvalue weighted by Crippen LogP contribution is 2.27. The number of halogens is 3. The van der Waals surface area contributed by atoms with Gasteiger partial charge in [-0.05, 0) is 12.1 Å². The zero-order valence-corrected chi connectivity index (χ0v) is 10.5. The minimum atomic E-state index is -4.53. The molecule has 0 radical (unpaired) electrons. The van der Waals surface area contributed by atoms with Crippen LogP contribution < -0.4 is 5.32 Å². The molecule has 0 atom stereocenters. The van der Waals surface area contributed by atoms with Crippen molar-refractivity contribution in [3.8, 4) is 0 Å². The Balaban J connectivity index is 1.98. The van der Waals surface area contributed by atoms with Gasteiger partial charge in [0.2, 0.25) is 0 Å². The summed E-state index contributed by atoms with van der Waals surface area (Å²) in [5.74, 6) is -0.994. The van der Waals surface area contributed by atoms with Crippen molar-refractivity contribution in [1.29, 1.82) is 0 Å². The molecule has 20 heavy (non-hydrogen) atoms. The first-order valence-corrected chi connectivity index (χ1v) is 6.07. The molecular formula is C10H7F3N4O2S. The van der Waals surface area contributed by atoms with E-state index in [-0.39, 0.29) is 18.1 Å². The SMILES string of the molecule is O=C(O)c1csc(CNc2ccc(C(F)(F)F)nn2)n1. The van der Waals surface area contributed by atoms with Gasteiger partial charge >= 0.3 is 12.1 Å². The predicted octanol–water partition coefficient (Wildman–Crippen LogP) is 2.26. The molecule has 0 aliphatic heterocycles. The number of rotatable bonds is 4. The molecule has 0 bridgehead atoms. The summed E-state index contributed by atoms with van der Waals surface area (Å²) in [6.45, 7) is 0.151. The molecule has 0 unspecified atom stereocenters. The quantitative estimate of drug-likeness (QED) is 0.901. The van der Waals surface area contributed by atoms with E-state index in [1.54, 1.807) is 0 Å². The number of nitrogens with zero attached hydrogens (tertiary/aromatic N) is 3. The molecule has 6 nitrogen and oxygen atoms in total. The Morgan fingerprint density at radius 2 is 2.10 bits per heavy atom. The van der Waals surface area contributed by atoms with Gasteiger partial charge in [0, 0.05) is 5.38 Å². The van der Waals surface area contributed by atoms with E-state index in [4.69, 9.17) is 5.11 Å². The number of aromatic carboxylic acids is 1. The number of aromatic nitrogens is 3. The second-order valence-corrected chi connectivity index (χ2v) is 4.53. The summed E-state index contributed by atoms with van der Waals surface area (Å²) in [6.07, 6.45) is -4.53. The Hall–Kier alpha value is -2.23. The summed E-state index contributed by atoms with van der Waals surface area (Å²) >= 11 is 1.12. The molecule has 0 saturated carbocycles. The van der Waals surface area contributed by atoms with Crippen molar-refractivity contribution < 1.29 is 23.1 Å². The molecular weight excluding hydrogens is 297 g/mol. The molecule has 0 aromatic carbocycles. The second-order valence-electron chi connectivity index (χ2n) is 3.59. The summed E-state index contributed by atoms with van der Waals surface area (Å²) in [6, 6.07) is 1.95. The van der Waals surface area contributed by atoms with Gasteiger partial charge in [-0.1, -0.05) is 0 Å². The van der Waals surface area contributed by atoms with E-state index >= 15 is 0 Å². The Kier molecular flexibility index (Phi) is 3.84. The van der Waals surface area contributed by atoms with Crippen molar-refractivity contribution in [2.24, 2.45) is 0 Å². The molecule has 2 heterocycles. The fourth-order valence-corrected chi connectivity index (χ4v) is 1.94. The Morgan fingerprint density at radius 1 is 1.35 bits per heavy atom. The van der Waals surface area contributed by atoms with Crippen molar-refractivity contribution in [3.05, 3.63) is 33.9 Å². The standard InChI is InChI=1S/C10H7F3N4O2S/c11-10(12,13)6-1-2-7(17-16-6)14-3-8-15-5(4-20-8)9(18)19/h1-2,4H,3H2,(H,14,17)(H,18,19). The average molecular weight is 304 g/mol. The first kappa shape index (κ1) is 14.2. The summed E-state index contributed by atoms with van der Waals surface area (Å²) in [5.41, 5.74) is -1.16. The third kappa shape index (κ3) is 3.41. The summed E-state index contributed by atoms with van der Waals surface area (Å²) in [4.78, 5) is 14.4. The van der Waals surface area contributed by atoms with E-state index < -0.39 is 17.8 Å². The molecule has 2 rings (SSSR count). The minimum absolute atomic E-state index is 0.0784. The summed E-state index contributed by atoms with van der Waals surface area (Å²) in [5, 5.41) is 19.7. The monoisotopic (exact) mass is 304 g/mol. The zero-order chi connectivity index (χ0) is 14.8. The molecule has 0 fully saturated rings. The lowest BCUT2D eigenvalue weighted by molar-refractivity contribution is -0.141. The van der Waals surface area contributed by atoms with E-state index in [2.05, 4.69) is 20.5 Å². The maximum atomic E-state index is 12.3. The second kappa shape index (κ2) is 5.41. The van der Waals surface area contributed by atoms with E-state index in [0.717, 1.165) is 23.5 Å². The van der Waals surface area contributed by atoms with Gasteiger partial charge in [-0.2, -0.15) is 13.2 Å². The van der Waals surface area contributed by atoms with Crippen LogP contribution in [0.5, 0.6) is 0 Å². The van der Waals surface area contributed by atoms with Gasteiger partial charge in [-0.25, -0.2) is 9.78 Å². The first-order valence-electron chi connectivity index (χ1n) is 5.19. The number of nitrogens with one attached hydrogen (secondary N) is 1. The lowest BCUT2D eigenvalue weighted by Gasteiger charge is -2.06. The summed E-state index contributed by atoms with van der Waals surface area (Å²) < 4.78 is 36.8. The number of carboxylic acid groups (broad SMARTS) is 1. The normalized spacial score (nSPS) is 11.3. The smallest absolute Gasteiger partial charge is 0.435 e. The number of hydrogen-bond donors (Lipinski definition) is 2. The number of thiazole rings is 1. The molecule has 2 aromatic heterocycles. The van der Waals surface area contributed by atoms with Crippen LogP contribution >= 0.6 is 11.3 Å². The average Bonchev–Trinajstić information content (AvgIpc) is 2.85. The van der Waals surface area contributed by atoms with Crippen molar-refractivity contribution in [1.82, 2.24) is 15.2 Å². The fourth-order valence-electron chi connectivity index (χ4n) is 1.23. The first-order chi connectivity index (χ1) is 9.36. The predicted molar refractivity (Wildman–Crippen MR) is 63.4 cm³/mol. The molecule has 0 amide bonds. The van der Waals surface area contributed by atoms with Gasteiger partial charge in [0.15, 0.2) is 11.4 Å². The van der Waals surface area contributed by atoms with Gasteiger partial charge in [0.05, 0.1) is 6.54 Å². The van der Waals surface area contributed by atoms with Crippen LogP contribution in [0.1, 0.15) is 21.2 Å². The molecule has 0 spiro atoms. The highest BCUT2D eigenvalue weighted by Gasteiger charge is 2.32.